The minimum absolute atomic E-state index is 0.112. The predicted molar refractivity (Wildman–Crippen MR) is 89.5 cm³/mol. The van der Waals surface area contributed by atoms with E-state index in [1.54, 1.807) is 0 Å². The van der Waals surface area contributed by atoms with Crippen molar-refractivity contribution in [3.8, 4) is 0 Å². The van der Waals surface area contributed by atoms with Crippen LogP contribution in [0.3, 0.4) is 0 Å². The molecule has 2 rings (SSSR count). The molecule has 5 heteroatoms. The van der Waals surface area contributed by atoms with Crippen LogP contribution in [0.4, 0.5) is 0 Å². The van der Waals surface area contributed by atoms with Gasteiger partial charge in [-0.2, -0.15) is 0 Å². The molecule has 21 heavy (non-hydrogen) atoms. The summed E-state index contributed by atoms with van der Waals surface area (Å²) in [5.41, 5.74) is 7.33. The van der Waals surface area contributed by atoms with E-state index in [0.717, 1.165) is 24.2 Å². The molecule has 4 nitrogen and oxygen atoms in total. The second-order valence-electron chi connectivity index (χ2n) is 6.02. The van der Waals surface area contributed by atoms with Crippen molar-refractivity contribution in [2.45, 2.75) is 26.3 Å². The van der Waals surface area contributed by atoms with Crippen LogP contribution in [0.25, 0.3) is 0 Å². The van der Waals surface area contributed by atoms with E-state index in [-0.39, 0.29) is 11.4 Å². The molecule has 1 amide bonds. The molecule has 2 N–H and O–H groups in total. The molecule has 0 unspecified atom stereocenters. The van der Waals surface area contributed by atoms with E-state index >= 15 is 0 Å². The molecule has 0 spiro atoms. The summed E-state index contributed by atoms with van der Waals surface area (Å²) in [5.74, 6) is 0.112. The Morgan fingerprint density at radius 1 is 1.19 bits per heavy atom. The van der Waals surface area contributed by atoms with Crippen molar-refractivity contribution in [3.63, 3.8) is 0 Å². The van der Waals surface area contributed by atoms with Crippen LogP contribution in [-0.2, 0) is 0 Å². The first-order valence-corrected chi connectivity index (χ1v) is 7.64. The lowest BCUT2D eigenvalue weighted by Crippen LogP contribution is -2.59. The Hall–Kier alpha value is -1.46. The first kappa shape index (κ1) is 15.9. The summed E-state index contributed by atoms with van der Waals surface area (Å²) in [7, 11) is 0. The fourth-order valence-corrected chi connectivity index (χ4v) is 2.74. The average Bonchev–Trinajstić information content (AvgIpc) is 2.47. The molecule has 0 aromatic heterocycles. The minimum Gasteiger partial charge on any atom is -0.392 e. The Morgan fingerprint density at radius 2 is 1.76 bits per heavy atom. The van der Waals surface area contributed by atoms with E-state index in [9.17, 15) is 4.79 Å². The Bertz CT molecular complexity index is 548. The van der Waals surface area contributed by atoms with E-state index in [1.807, 2.05) is 49.9 Å². The van der Waals surface area contributed by atoms with Crippen LogP contribution >= 0.6 is 12.2 Å². The molecule has 1 aromatic carbocycles. The molecule has 1 saturated heterocycles. The maximum absolute atomic E-state index is 12.6. The van der Waals surface area contributed by atoms with Crippen LogP contribution in [-0.4, -0.2) is 52.4 Å². The number of carbonyl (C=O) groups excluding carboxylic acids is 1. The van der Waals surface area contributed by atoms with E-state index in [2.05, 4.69) is 4.90 Å². The summed E-state index contributed by atoms with van der Waals surface area (Å²) >= 11 is 5.14. The lowest BCUT2D eigenvalue weighted by atomic mass is 10.0. The van der Waals surface area contributed by atoms with Gasteiger partial charge in [0.25, 0.3) is 5.91 Å². The highest BCUT2D eigenvalue weighted by molar-refractivity contribution is 7.80. The van der Waals surface area contributed by atoms with Crippen LogP contribution in [0.15, 0.2) is 24.3 Å². The zero-order valence-electron chi connectivity index (χ0n) is 12.9. The molecular formula is C16H23N3OS. The Kier molecular flexibility index (Phi) is 4.64. The van der Waals surface area contributed by atoms with Gasteiger partial charge < -0.3 is 10.6 Å². The van der Waals surface area contributed by atoms with Gasteiger partial charge in [0.05, 0.1) is 10.5 Å². The fourth-order valence-electron chi connectivity index (χ4n) is 2.61. The van der Waals surface area contributed by atoms with Gasteiger partial charge in [-0.15, -0.1) is 0 Å². The summed E-state index contributed by atoms with van der Waals surface area (Å²) in [6, 6.07) is 7.73. The number of aryl methyl sites for hydroxylation is 1. The van der Waals surface area contributed by atoms with Gasteiger partial charge in [-0.1, -0.05) is 30.4 Å². The number of nitrogens with zero attached hydrogens (tertiary/aromatic N) is 2. The van der Waals surface area contributed by atoms with Crippen molar-refractivity contribution in [1.29, 1.82) is 0 Å². The van der Waals surface area contributed by atoms with Gasteiger partial charge in [0.2, 0.25) is 0 Å². The molecular weight excluding hydrogens is 282 g/mol. The van der Waals surface area contributed by atoms with Gasteiger partial charge in [0.15, 0.2) is 0 Å². The van der Waals surface area contributed by atoms with Crippen LogP contribution < -0.4 is 5.73 Å². The number of rotatable bonds is 3. The molecule has 0 bridgehead atoms. The standard InChI is InChI=1S/C16H23N3OS/c1-12-6-4-5-7-13(12)14(20)18-8-10-19(11-9-18)16(2,3)15(17)21/h4-7H,8-11H2,1-3H3,(H2,17,21). The molecule has 0 aliphatic carbocycles. The smallest absolute Gasteiger partial charge is 0.254 e. The van der Waals surface area contributed by atoms with E-state index in [1.165, 1.54) is 0 Å². The van der Waals surface area contributed by atoms with Gasteiger partial charge in [-0.25, -0.2) is 0 Å². The number of hydrogen-bond donors (Lipinski definition) is 1. The lowest BCUT2D eigenvalue weighted by Gasteiger charge is -2.43. The molecule has 114 valence electrons. The van der Waals surface area contributed by atoms with Crippen LogP contribution in [0.5, 0.6) is 0 Å². The van der Waals surface area contributed by atoms with E-state index < -0.39 is 0 Å². The van der Waals surface area contributed by atoms with Gasteiger partial charge in [0.1, 0.15) is 0 Å². The Morgan fingerprint density at radius 3 is 2.29 bits per heavy atom. The summed E-state index contributed by atoms with van der Waals surface area (Å²) in [6.45, 7) is 9.05. The van der Waals surface area contributed by atoms with Crippen LogP contribution in [0.1, 0.15) is 29.8 Å². The monoisotopic (exact) mass is 305 g/mol. The van der Waals surface area contributed by atoms with Crippen LogP contribution in [0.2, 0.25) is 0 Å². The fraction of sp³-hybridized carbons (Fsp3) is 0.500. The number of nitrogens with two attached hydrogens (primary N) is 1. The maximum atomic E-state index is 12.6. The number of benzene rings is 1. The third-order valence-corrected chi connectivity index (χ3v) is 4.84. The SMILES string of the molecule is Cc1ccccc1C(=O)N1CCN(C(C)(C)C(N)=S)CC1. The maximum Gasteiger partial charge on any atom is 0.254 e. The summed E-state index contributed by atoms with van der Waals surface area (Å²) in [4.78, 5) is 17.2. The van der Waals surface area contributed by atoms with Gasteiger partial charge in [-0.05, 0) is 32.4 Å². The van der Waals surface area contributed by atoms with Gasteiger partial charge in [0, 0.05) is 31.7 Å². The van der Waals surface area contributed by atoms with Crippen molar-refractivity contribution in [1.82, 2.24) is 9.80 Å². The third-order valence-electron chi connectivity index (χ3n) is 4.34. The number of thiocarbonyl (C=S) groups is 1. The first-order chi connectivity index (χ1) is 9.84. The summed E-state index contributed by atoms with van der Waals surface area (Å²) in [6.07, 6.45) is 0. The molecule has 1 aliphatic rings. The highest BCUT2D eigenvalue weighted by atomic mass is 32.1. The van der Waals surface area contributed by atoms with Crippen molar-refractivity contribution in [3.05, 3.63) is 35.4 Å². The molecule has 1 fully saturated rings. The van der Waals surface area contributed by atoms with E-state index in [0.29, 0.717) is 18.1 Å². The summed E-state index contributed by atoms with van der Waals surface area (Å²) < 4.78 is 0. The molecule has 1 aromatic rings. The molecule has 1 aliphatic heterocycles. The average molecular weight is 305 g/mol. The third kappa shape index (κ3) is 3.24. The normalized spacial score (nSPS) is 16.8. The second-order valence-corrected chi connectivity index (χ2v) is 6.46. The van der Waals surface area contributed by atoms with E-state index in [4.69, 9.17) is 18.0 Å². The number of carbonyl (C=O) groups is 1. The summed E-state index contributed by atoms with van der Waals surface area (Å²) in [5, 5.41) is 0. The quantitative estimate of drug-likeness (QED) is 0.866. The number of amides is 1. The lowest BCUT2D eigenvalue weighted by molar-refractivity contribution is 0.0539. The molecule has 0 radical (unpaired) electrons. The highest BCUT2D eigenvalue weighted by Crippen LogP contribution is 2.19. The van der Waals surface area contributed by atoms with Gasteiger partial charge >= 0.3 is 0 Å². The highest BCUT2D eigenvalue weighted by Gasteiger charge is 2.33. The molecule has 0 saturated carbocycles. The van der Waals surface area contributed by atoms with Crippen molar-refractivity contribution < 1.29 is 4.79 Å². The number of hydrogen-bond acceptors (Lipinski definition) is 3. The van der Waals surface area contributed by atoms with Crippen molar-refractivity contribution in [2.75, 3.05) is 26.2 Å². The van der Waals surface area contributed by atoms with Crippen LogP contribution in [0, 0.1) is 6.92 Å². The predicted octanol–water partition coefficient (Wildman–Crippen LogP) is 1.82. The minimum atomic E-state index is -0.298. The molecule has 1 heterocycles. The second kappa shape index (κ2) is 6.12. The van der Waals surface area contributed by atoms with Crippen molar-refractivity contribution in [2.24, 2.45) is 5.73 Å². The number of piperazine rings is 1. The Balaban J connectivity index is 2.03. The van der Waals surface area contributed by atoms with Crippen molar-refractivity contribution >= 4 is 23.1 Å². The molecule has 0 atom stereocenters. The zero-order valence-corrected chi connectivity index (χ0v) is 13.7. The first-order valence-electron chi connectivity index (χ1n) is 7.24. The Labute approximate surface area is 131 Å². The van der Waals surface area contributed by atoms with Gasteiger partial charge in [-0.3, -0.25) is 9.69 Å². The zero-order chi connectivity index (χ0) is 15.6. The topological polar surface area (TPSA) is 49.6 Å². The largest absolute Gasteiger partial charge is 0.392 e.